The lowest BCUT2D eigenvalue weighted by Gasteiger charge is -2.09. The number of hydrogen-bond donors (Lipinski definition) is 1. The second-order valence-electron chi connectivity index (χ2n) is 3.39. The van der Waals surface area contributed by atoms with Crippen LogP contribution in [0, 0.1) is 0 Å². The smallest absolute Gasteiger partial charge is 0.238 e. The average molecular weight is 327 g/mol. The molecular formula is C12H11BrN2O2S. The molecule has 1 unspecified atom stereocenters. The summed E-state index contributed by atoms with van der Waals surface area (Å²) in [5.41, 5.74) is 0.578. The molecule has 0 aliphatic rings. The van der Waals surface area contributed by atoms with E-state index in [0.29, 0.717) is 16.5 Å². The highest BCUT2D eigenvalue weighted by atomic mass is 79.9. The molecule has 0 amide bonds. The first-order chi connectivity index (χ1) is 8.70. The lowest BCUT2D eigenvalue weighted by atomic mass is 10.4. The van der Waals surface area contributed by atoms with Crippen LogP contribution >= 0.6 is 15.9 Å². The van der Waals surface area contributed by atoms with Gasteiger partial charge < -0.3 is 4.74 Å². The Morgan fingerprint density at radius 1 is 1.33 bits per heavy atom. The number of hydrogen-bond acceptors (Lipinski definition) is 3. The van der Waals surface area contributed by atoms with Crippen LogP contribution in [0.15, 0.2) is 52.0 Å². The minimum atomic E-state index is -1.35. The summed E-state index contributed by atoms with van der Waals surface area (Å²) in [5.74, 6) is 0.405. The second kappa shape index (κ2) is 5.97. The Labute approximate surface area is 116 Å². The third kappa shape index (κ3) is 3.08. The van der Waals surface area contributed by atoms with Gasteiger partial charge in [-0.15, -0.1) is 0 Å². The van der Waals surface area contributed by atoms with Gasteiger partial charge in [0.1, 0.15) is 16.7 Å². The maximum Gasteiger partial charge on any atom is 0.238 e. The molecule has 1 N–H and O–H groups in total. The van der Waals surface area contributed by atoms with E-state index >= 15 is 0 Å². The fraction of sp³-hybridized carbons (Fsp3) is 0.0833. The fourth-order valence-electron chi connectivity index (χ4n) is 1.37. The summed E-state index contributed by atoms with van der Waals surface area (Å²) in [4.78, 5) is 4.77. The zero-order valence-corrected chi connectivity index (χ0v) is 12.0. The van der Waals surface area contributed by atoms with Gasteiger partial charge in [0.25, 0.3) is 0 Å². The highest BCUT2D eigenvalue weighted by Crippen LogP contribution is 2.26. The van der Waals surface area contributed by atoms with Gasteiger partial charge in [0.15, 0.2) is 0 Å². The summed E-state index contributed by atoms with van der Waals surface area (Å²) in [6.07, 6.45) is 1.62. The van der Waals surface area contributed by atoms with Crippen LogP contribution in [0.25, 0.3) is 0 Å². The minimum absolute atomic E-state index is 0.405. The highest BCUT2D eigenvalue weighted by molar-refractivity contribution is 9.10. The van der Waals surface area contributed by atoms with E-state index in [4.69, 9.17) is 4.74 Å². The Kier molecular flexibility index (Phi) is 4.33. The Morgan fingerprint density at radius 3 is 2.72 bits per heavy atom. The molecular weight excluding hydrogens is 316 g/mol. The van der Waals surface area contributed by atoms with Crippen molar-refractivity contribution < 1.29 is 8.95 Å². The van der Waals surface area contributed by atoms with Crippen LogP contribution in [0.1, 0.15) is 0 Å². The van der Waals surface area contributed by atoms with E-state index in [1.54, 1.807) is 24.4 Å². The van der Waals surface area contributed by atoms with Crippen molar-refractivity contribution >= 4 is 32.6 Å². The molecule has 18 heavy (non-hydrogen) atoms. The van der Waals surface area contributed by atoms with E-state index in [-0.39, 0.29) is 0 Å². The largest absolute Gasteiger partial charge is 0.480 e. The molecule has 0 spiro atoms. The fourth-order valence-corrected chi connectivity index (χ4v) is 2.56. The molecule has 0 aliphatic carbocycles. The maximum absolute atomic E-state index is 12.1. The Balaban J connectivity index is 2.24. The van der Waals surface area contributed by atoms with Crippen LogP contribution in [0.4, 0.5) is 5.69 Å². The zero-order chi connectivity index (χ0) is 13.0. The molecule has 2 aromatic rings. The number of aromatic nitrogens is 1. The summed E-state index contributed by atoms with van der Waals surface area (Å²) < 4.78 is 20.9. The van der Waals surface area contributed by atoms with Crippen LogP contribution in [-0.2, 0) is 11.0 Å². The number of halogens is 1. The van der Waals surface area contributed by atoms with Crippen LogP contribution < -0.4 is 9.46 Å². The average Bonchev–Trinajstić information content (AvgIpc) is 2.40. The summed E-state index contributed by atoms with van der Waals surface area (Å²) in [6, 6.07) is 10.9. The Bertz CT molecular complexity index is 563. The minimum Gasteiger partial charge on any atom is -0.480 e. The Hall–Kier alpha value is -1.40. The van der Waals surface area contributed by atoms with Gasteiger partial charge >= 0.3 is 0 Å². The zero-order valence-electron chi connectivity index (χ0n) is 9.59. The third-order valence-corrected chi connectivity index (χ3v) is 3.71. The molecule has 0 saturated heterocycles. The highest BCUT2D eigenvalue weighted by Gasteiger charge is 2.09. The van der Waals surface area contributed by atoms with Crippen LogP contribution in [0.2, 0.25) is 0 Å². The number of rotatable bonds is 4. The van der Waals surface area contributed by atoms with Crippen molar-refractivity contribution in [1.29, 1.82) is 0 Å². The van der Waals surface area contributed by atoms with Gasteiger partial charge in [0, 0.05) is 10.7 Å². The summed E-state index contributed by atoms with van der Waals surface area (Å²) in [6.45, 7) is 0. The van der Waals surface area contributed by atoms with Crippen molar-refractivity contribution in [1.82, 2.24) is 4.98 Å². The quantitative estimate of drug-likeness (QED) is 0.939. The first kappa shape index (κ1) is 13.0. The van der Waals surface area contributed by atoms with E-state index < -0.39 is 11.0 Å². The van der Waals surface area contributed by atoms with Crippen molar-refractivity contribution in [3.8, 4) is 5.88 Å². The number of ether oxygens (including phenoxy) is 1. The molecule has 4 nitrogen and oxygen atoms in total. The van der Waals surface area contributed by atoms with E-state index in [0.717, 1.165) is 4.47 Å². The third-order valence-electron chi connectivity index (χ3n) is 2.17. The van der Waals surface area contributed by atoms with Crippen molar-refractivity contribution in [2.75, 3.05) is 11.8 Å². The molecule has 1 atom stereocenters. The van der Waals surface area contributed by atoms with E-state index in [1.165, 1.54) is 7.11 Å². The number of methoxy groups -OCH3 is 1. The van der Waals surface area contributed by atoms with Gasteiger partial charge in [0.2, 0.25) is 5.88 Å². The second-order valence-corrected chi connectivity index (χ2v) is 5.52. The van der Waals surface area contributed by atoms with Crippen LogP contribution in [0.5, 0.6) is 5.88 Å². The molecule has 0 fully saturated rings. The molecule has 2 rings (SSSR count). The first-order valence-corrected chi connectivity index (χ1v) is 7.08. The van der Waals surface area contributed by atoms with E-state index in [9.17, 15) is 4.21 Å². The lowest BCUT2D eigenvalue weighted by Crippen LogP contribution is -2.06. The monoisotopic (exact) mass is 326 g/mol. The summed E-state index contributed by atoms with van der Waals surface area (Å²) in [7, 11) is 0.175. The predicted octanol–water partition coefficient (Wildman–Crippen LogP) is 2.99. The predicted molar refractivity (Wildman–Crippen MR) is 75.0 cm³/mol. The normalized spacial score (nSPS) is 11.9. The molecule has 0 radical (unpaired) electrons. The van der Waals surface area contributed by atoms with Crippen LogP contribution in [-0.4, -0.2) is 16.3 Å². The van der Waals surface area contributed by atoms with Gasteiger partial charge in [-0.3, -0.25) is 4.72 Å². The lowest BCUT2D eigenvalue weighted by molar-refractivity contribution is 0.400. The summed E-state index contributed by atoms with van der Waals surface area (Å²) >= 11 is 3.31. The first-order valence-electron chi connectivity index (χ1n) is 5.13. The van der Waals surface area contributed by atoms with Crippen molar-refractivity contribution in [3.05, 3.63) is 47.1 Å². The van der Waals surface area contributed by atoms with Gasteiger partial charge in [-0.25, -0.2) is 9.19 Å². The van der Waals surface area contributed by atoms with Gasteiger partial charge in [-0.2, -0.15) is 0 Å². The molecule has 1 heterocycles. The summed E-state index contributed by atoms with van der Waals surface area (Å²) in [5, 5.41) is 0. The molecule has 0 bridgehead atoms. The van der Waals surface area contributed by atoms with Crippen molar-refractivity contribution in [2.45, 2.75) is 4.90 Å². The Morgan fingerprint density at radius 2 is 2.06 bits per heavy atom. The number of benzene rings is 1. The molecule has 1 aromatic carbocycles. The topological polar surface area (TPSA) is 51.2 Å². The van der Waals surface area contributed by atoms with Gasteiger partial charge in [0.05, 0.1) is 12.0 Å². The number of nitrogens with zero attached hydrogens (tertiary/aromatic N) is 1. The molecule has 1 aromatic heterocycles. The van der Waals surface area contributed by atoms with Gasteiger partial charge in [-0.1, -0.05) is 18.2 Å². The molecule has 6 heteroatoms. The molecule has 0 aliphatic heterocycles. The van der Waals surface area contributed by atoms with Crippen LogP contribution in [0.3, 0.4) is 0 Å². The number of nitrogens with one attached hydrogen (secondary N) is 1. The number of anilines is 1. The van der Waals surface area contributed by atoms with E-state index in [2.05, 4.69) is 25.6 Å². The van der Waals surface area contributed by atoms with Crippen molar-refractivity contribution in [2.24, 2.45) is 0 Å². The molecule has 94 valence electrons. The van der Waals surface area contributed by atoms with E-state index in [1.807, 2.05) is 18.2 Å². The SMILES string of the molecule is COc1ncc(Br)cc1NS(=O)c1ccccc1. The maximum atomic E-state index is 12.1. The molecule has 0 saturated carbocycles. The van der Waals surface area contributed by atoms with Gasteiger partial charge in [-0.05, 0) is 34.1 Å². The number of pyridine rings is 1. The van der Waals surface area contributed by atoms with Crippen molar-refractivity contribution in [3.63, 3.8) is 0 Å². The standard InChI is InChI=1S/C12H11BrN2O2S/c1-17-12-11(7-9(13)8-14-12)15-18(16)10-5-3-2-4-6-10/h2-8,15H,1H3.